The molecule has 0 radical (unpaired) electrons. The number of likely N-dealkylation sites (N-methyl/N-ethyl adjacent to an activating group) is 1. The molecule has 1 heterocycles. The van der Waals surface area contributed by atoms with Gasteiger partial charge in [-0.05, 0) is 37.6 Å². The predicted octanol–water partition coefficient (Wildman–Crippen LogP) is 2.63. The van der Waals surface area contributed by atoms with Crippen molar-refractivity contribution in [3.05, 3.63) is 23.8 Å². The van der Waals surface area contributed by atoms with Crippen LogP contribution >= 0.6 is 0 Å². The molecule has 176 valence electrons. The van der Waals surface area contributed by atoms with Crippen LogP contribution in [-0.2, 0) is 6.54 Å². The number of piperazine rings is 1. The molecule has 1 unspecified atom stereocenters. The molecule has 1 saturated heterocycles. The SMILES string of the molecule is CCNC(=NCc1cc(OC)ccc1OC(F)F)NCC(C)CN1CCN(CC)CC1. The first-order valence-electron chi connectivity index (χ1n) is 11.0. The second-order valence-electron chi connectivity index (χ2n) is 7.77. The lowest BCUT2D eigenvalue weighted by Gasteiger charge is -2.35. The molecule has 1 aromatic carbocycles. The Morgan fingerprint density at radius 3 is 2.45 bits per heavy atom. The van der Waals surface area contributed by atoms with Crippen molar-refractivity contribution < 1.29 is 18.3 Å². The number of benzene rings is 1. The molecule has 1 aromatic rings. The third-order valence-corrected chi connectivity index (χ3v) is 5.34. The van der Waals surface area contributed by atoms with Crippen LogP contribution < -0.4 is 20.1 Å². The van der Waals surface area contributed by atoms with Crippen molar-refractivity contribution in [3.8, 4) is 11.5 Å². The van der Waals surface area contributed by atoms with Crippen LogP contribution in [0.15, 0.2) is 23.2 Å². The van der Waals surface area contributed by atoms with Gasteiger partial charge in [0, 0.05) is 51.4 Å². The summed E-state index contributed by atoms with van der Waals surface area (Å²) in [5.41, 5.74) is 0.540. The van der Waals surface area contributed by atoms with Gasteiger partial charge >= 0.3 is 6.61 Å². The number of hydrogen-bond donors (Lipinski definition) is 2. The zero-order valence-electron chi connectivity index (χ0n) is 19.2. The highest BCUT2D eigenvalue weighted by Crippen LogP contribution is 2.26. The maximum Gasteiger partial charge on any atom is 0.387 e. The number of rotatable bonds is 11. The molecule has 0 spiro atoms. The molecule has 9 heteroatoms. The van der Waals surface area contributed by atoms with E-state index in [1.807, 2.05) is 6.92 Å². The van der Waals surface area contributed by atoms with Gasteiger partial charge in [0.2, 0.25) is 0 Å². The maximum absolute atomic E-state index is 12.7. The Labute approximate surface area is 184 Å². The van der Waals surface area contributed by atoms with Gasteiger partial charge in [0.05, 0.1) is 13.7 Å². The van der Waals surface area contributed by atoms with E-state index in [0.29, 0.717) is 29.7 Å². The Morgan fingerprint density at radius 2 is 1.84 bits per heavy atom. The van der Waals surface area contributed by atoms with Gasteiger partial charge in [-0.2, -0.15) is 8.78 Å². The highest BCUT2D eigenvalue weighted by Gasteiger charge is 2.17. The van der Waals surface area contributed by atoms with Crippen LogP contribution in [0.2, 0.25) is 0 Å². The summed E-state index contributed by atoms with van der Waals surface area (Å²) in [6, 6.07) is 4.75. The number of aliphatic imine (C=N–C) groups is 1. The molecule has 2 N–H and O–H groups in total. The largest absolute Gasteiger partial charge is 0.497 e. The maximum atomic E-state index is 12.7. The summed E-state index contributed by atoms with van der Waals surface area (Å²) in [6.07, 6.45) is 0. The van der Waals surface area contributed by atoms with Gasteiger partial charge in [0.15, 0.2) is 5.96 Å². The molecule has 1 fully saturated rings. The Hall–Kier alpha value is -2.13. The Kier molecular flexibility index (Phi) is 10.8. The normalized spacial score (nSPS) is 16.9. The highest BCUT2D eigenvalue weighted by molar-refractivity contribution is 5.79. The summed E-state index contributed by atoms with van der Waals surface area (Å²) in [6.45, 7) is 11.8. The van der Waals surface area contributed by atoms with E-state index in [9.17, 15) is 8.78 Å². The molecule has 0 amide bonds. The minimum absolute atomic E-state index is 0.106. The fraction of sp³-hybridized carbons (Fsp3) is 0.682. The lowest BCUT2D eigenvalue weighted by molar-refractivity contribution is -0.0504. The summed E-state index contributed by atoms with van der Waals surface area (Å²) in [5, 5.41) is 6.58. The predicted molar refractivity (Wildman–Crippen MR) is 120 cm³/mol. The quantitative estimate of drug-likeness (QED) is 0.407. The molecule has 31 heavy (non-hydrogen) atoms. The first-order valence-corrected chi connectivity index (χ1v) is 11.0. The minimum atomic E-state index is -2.89. The molecule has 7 nitrogen and oxygen atoms in total. The number of methoxy groups -OCH3 is 1. The summed E-state index contributed by atoms with van der Waals surface area (Å²) in [7, 11) is 1.53. The molecule has 0 aromatic heterocycles. The van der Waals surface area contributed by atoms with Crippen LogP contribution in [0.25, 0.3) is 0 Å². The average molecular weight is 442 g/mol. The van der Waals surface area contributed by atoms with Crippen molar-refractivity contribution in [1.29, 1.82) is 0 Å². The van der Waals surface area contributed by atoms with Crippen molar-refractivity contribution in [2.75, 3.05) is 59.5 Å². The van der Waals surface area contributed by atoms with Gasteiger partial charge in [0.25, 0.3) is 0 Å². The van der Waals surface area contributed by atoms with E-state index in [2.05, 4.69) is 44.0 Å². The number of hydrogen-bond acceptors (Lipinski definition) is 5. The fourth-order valence-electron chi connectivity index (χ4n) is 3.59. The monoisotopic (exact) mass is 441 g/mol. The molecule has 1 aliphatic rings. The van der Waals surface area contributed by atoms with E-state index < -0.39 is 6.61 Å². The van der Waals surface area contributed by atoms with Crippen LogP contribution in [-0.4, -0.2) is 81.8 Å². The first kappa shape index (κ1) is 25.1. The Morgan fingerprint density at radius 1 is 1.13 bits per heavy atom. The molecular formula is C22H37F2N5O2. The van der Waals surface area contributed by atoms with E-state index in [0.717, 1.165) is 45.8 Å². The minimum Gasteiger partial charge on any atom is -0.497 e. The first-order chi connectivity index (χ1) is 14.9. The summed E-state index contributed by atoms with van der Waals surface area (Å²) >= 11 is 0. The van der Waals surface area contributed by atoms with Gasteiger partial charge in [-0.15, -0.1) is 0 Å². The van der Waals surface area contributed by atoms with Gasteiger partial charge < -0.3 is 29.9 Å². The smallest absolute Gasteiger partial charge is 0.387 e. The van der Waals surface area contributed by atoms with Crippen molar-refractivity contribution in [3.63, 3.8) is 0 Å². The third-order valence-electron chi connectivity index (χ3n) is 5.34. The lowest BCUT2D eigenvalue weighted by atomic mass is 10.1. The lowest BCUT2D eigenvalue weighted by Crippen LogP contribution is -2.48. The Balaban J connectivity index is 1.92. The van der Waals surface area contributed by atoms with Crippen molar-refractivity contribution >= 4 is 5.96 Å². The molecular weight excluding hydrogens is 404 g/mol. The second-order valence-corrected chi connectivity index (χ2v) is 7.77. The van der Waals surface area contributed by atoms with E-state index in [1.54, 1.807) is 12.1 Å². The molecule has 1 atom stereocenters. The second kappa shape index (κ2) is 13.3. The number of nitrogens with zero attached hydrogens (tertiary/aromatic N) is 3. The molecule has 1 aliphatic heterocycles. The molecule has 0 bridgehead atoms. The number of guanidine groups is 1. The molecule has 2 rings (SSSR count). The zero-order valence-corrected chi connectivity index (χ0v) is 19.2. The van der Waals surface area contributed by atoms with E-state index in [4.69, 9.17) is 4.74 Å². The fourth-order valence-corrected chi connectivity index (χ4v) is 3.59. The van der Waals surface area contributed by atoms with Crippen LogP contribution in [0.3, 0.4) is 0 Å². The van der Waals surface area contributed by atoms with Gasteiger partial charge in [-0.3, -0.25) is 0 Å². The number of alkyl halides is 2. The van der Waals surface area contributed by atoms with Gasteiger partial charge in [-0.1, -0.05) is 13.8 Å². The van der Waals surface area contributed by atoms with Crippen molar-refractivity contribution in [2.24, 2.45) is 10.9 Å². The molecule has 0 saturated carbocycles. The highest BCUT2D eigenvalue weighted by atomic mass is 19.3. The van der Waals surface area contributed by atoms with E-state index in [1.165, 1.54) is 13.2 Å². The molecule has 0 aliphatic carbocycles. The zero-order chi connectivity index (χ0) is 22.6. The van der Waals surface area contributed by atoms with E-state index in [-0.39, 0.29) is 12.3 Å². The van der Waals surface area contributed by atoms with Crippen LogP contribution in [0.1, 0.15) is 26.3 Å². The van der Waals surface area contributed by atoms with Crippen molar-refractivity contribution in [2.45, 2.75) is 33.9 Å². The standard InChI is InChI=1S/C22H37F2N5O2/c1-5-25-22(26-14-17(3)16-29-11-9-28(6-2)10-12-29)27-15-18-13-19(30-4)7-8-20(18)31-21(23)24/h7-8,13,17,21H,5-6,9-12,14-16H2,1-4H3,(H2,25,26,27). The third kappa shape index (κ3) is 8.86. The summed E-state index contributed by atoms with van der Waals surface area (Å²) in [4.78, 5) is 9.54. The van der Waals surface area contributed by atoms with E-state index >= 15 is 0 Å². The van der Waals surface area contributed by atoms with Crippen LogP contribution in [0.5, 0.6) is 11.5 Å². The van der Waals surface area contributed by atoms with Crippen molar-refractivity contribution in [1.82, 2.24) is 20.4 Å². The summed E-state index contributed by atoms with van der Waals surface area (Å²) in [5.74, 6) is 1.78. The van der Waals surface area contributed by atoms with Crippen LogP contribution in [0.4, 0.5) is 8.78 Å². The van der Waals surface area contributed by atoms with Gasteiger partial charge in [-0.25, -0.2) is 4.99 Å². The summed E-state index contributed by atoms with van der Waals surface area (Å²) < 4.78 is 35.3. The van der Waals surface area contributed by atoms with Gasteiger partial charge in [0.1, 0.15) is 11.5 Å². The average Bonchev–Trinajstić information content (AvgIpc) is 2.76. The topological polar surface area (TPSA) is 61.4 Å². The number of ether oxygens (including phenoxy) is 2. The number of halogens is 2. The van der Waals surface area contributed by atoms with Crippen LogP contribution in [0, 0.1) is 5.92 Å². The Bertz CT molecular complexity index is 682. The number of nitrogens with one attached hydrogen (secondary N) is 2.